The highest BCUT2D eigenvalue weighted by Gasteiger charge is 2.18. The number of amides is 2. The van der Waals surface area contributed by atoms with Crippen LogP contribution in [-0.2, 0) is 4.74 Å². The van der Waals surface area contributed by atoms with E-state index in [9.17, 15) is 9.59 Å². The molecule has 0 aliphatic carbocycles. The van der Waals surface area contributed by atoms with Gasteiger partial charge in [0, 0.05) is 30.0 Å². The van der Waals surface area contributed by atoms with Crippen LogP contribution in [0.3, 0.4) is 0 Å². The molecule has 2 amide bonds. The number of carbonyl (C=O) groups is 2. The Morgan fingerprint density at radius 1 is 0.967 bits per heavy atom. The van der Waals surface area contributed by atoms with Crippen molar-refractivity contribution < 1.29 is 28.5 Å². The molecule has 1 aliphatic rings. The van der Waals surface area contributed by atoms with Gasteiger partial charge in [-0.05, 0) is 49.2 Å². The van der Waals surface area contributed by atoms with E-state index in [4.69, 9.17) is 18.9 Å². The fraction of sp³-hybridized carbons (Fsp3) is 0.364. The predicted molar refractivity (Wildman–Crippen MR) is 112 cm³/mol. The maximum absolute atomic E-state index is 12.7. The molecular formula is C22H26N2O6. The number of benzene rings is 2. The Hall–Kier alpha value is -3.26. The van der Waals surface area contributed by atoms with Gasteiger partial charge in [-0.3, -0.25) is 9.59 Å². The van der Waals surface area contributed by atoms with Crippen LogP contribution in [0.2, 0.25) is 0 Å². The van der Waals surface area contributed by atoms with E-state index in [-0.39, 0.29) is 17.9 Å². The van der Waals surface area contributed by atoms with Crippen molar-refractivity contribution in [2.75, 3.05) is 39.8 Å². The van der Waals surface area contributed by atoms with Crippen molar-refractivity contribution in [3.05, 3.63) is 47.5 Å². The molecule has 160 valence electrons. The first-order valence-electron chi connectivity index (χ1n) is 9.67. The Morgan fingerprint density at radius 2 is 1.63 bits per heavy atom. The van der Waals surface area contributed by atoms with Crippen molar-refractivity contribution in [1.82, 2.24) is 5.32 Å². The number of hydrogen-bond donors (Lipinski definition) is 2. The second-order valence-corrected chi connectivity index (χ2v) is 6.79. The Kier molecular flexibility index (Phi) is 7.13. The molecule has 1 fully saturated rings. The normalized spacial score (nSPS) is 15.4. The van der Waals surface area contributed by atoms with E-state index in [1.54, 1.807) is 36.4 Å². The summed E-state index contributed by atoms with van der Waals surface area (Å²) in [5, 5.41) is 5.67. The first-order valence-corrected chi connectivity index (χ1v) is 9.67. The molecule has 3 rings (SSSR count). The number of methoxy groups -OCH3 is 3. The molecule has 0 bridgehead atoms. The van der Waals surface area contributed by atoms with Gasteiger partial charge in [-0.15, -0.1) is 0 Å². The summed E-state index contributed by atoms with van der Waals surface area (Å²) < 4.78 is 21.3. The zero-order valence-electron chi connectivity index (χ0n) is 17.3. The van der Waals surface area contributed by atoms with Crippen molar-refractivity contribution in [3.8, 4) is 17.2 Å². The maximum atomic E-state index is 12.7. The number of rotatable bonds is 8. The standard InChI is InChI=1S/C22H26N2O6/c1-27-18-11-15(12-19(28-2)20(18)29-3)22(26)24-16-8-6-14(7-9-16)21(25)23-13-17-5-4-10-30-17/h6-9,11-12,17H,4-5,10,13H2,1-3H3,(H,23,25)(H,24,26)/t17-/m0/s1. The van der Waals surface area contributed by atoms with Crippen LogP contribution in [0.5, 0.6) is 17.2 Å². The second kappa shape index (κ2) is 9.98. The third kappa shape index (κ3) is 5.01. The van der Waals surface area contributed by atoms with E-state index in [1.165, 1.54) is 21.3 Å². The highest BCUT2D eigenvalue weighted by Crippen LogP contribution is 2.38. The van der Waals surface area contributed by atoms with Crippen molar-refractivity contribution in [2.45, 2.75) is 18.9 Å². The molecule has 1 aliphatic heterocycles. The highest BCUT2D eigenvalue weighted by atomic mass is 16.5. The Bertz CT molecular complexity index is 866. The topological polar surface area (TPSA) is 95.1 Å². The largest absolute Gasteiger partial charge is 0.493 e. The van der Waals surface area contributed by atoms with Gasteiger partial charge in [0.1, 0.15) is 0 Å². The molecule has 0 unspecified atom stereocenters. The van der Waals surface area contributed by atoms with Gasteiger partial charge in [0.2, 0.25) is 5.75 Å². The molecule has 0 spiro atoms. The smallest absolute Gasteiger partial charge is 0.255 e. The summed E-state index contributed by atoms with van der Waals surface area (Å²) in [6.07, 6.45) is 2.08. The average molecular weight is 414 g/mol. The molecule has 0 aromatic heterocycles. The quantitative estimate of drug-likeness (QED) is 0.690. The minimum Gasteiger partial charge on any atom is -0.493 e. The van der Waals surface area contributed by atoms with Gasteiger partial charge >= 0.3 is 0 Å². The number of nitrogens with one attached hydrogen (secondary N) is 2. The summed E-state index contributed by atoms with van der Waals surface area (Å²) in [6.45, 7) is 1.25. The molecule has 1 saturated heterocycles. The molecule has 0 radical (unpaired) electrons. The molecule has 8 heteroatoms. The zero-order valence-corrected chi connectivity index (χ0v) is 17.3. The first-order chi connectivity index (χ1) is 14.5. The summed E-state index contributed by atoms with van der Waals surface area (Å²) in [6, 6.07) is 9.83. The van der Waals surface area contributed by atoms with Gasteiger partial charge in [-0.1, -0.05) is 0 Å². The Morgan fingerprint density at radius 3 is 2.17 bits per heavy atom. The Balaban J connectivity index is 1.64. The highest BCUT2D eigenvalue weighted by molar-refractivity contribution is 6.05. The summed E-state index contributed by atoms with van der Waals surface area (Å²) in [4.78, 5) is 24.9. The second-order valence-electron chi connectivity index (χ2n) is 6.79. The SMILES string of the molecule is COc1cc(C(=O)Nc2ccc(C(=O)NC[C@@H]3CCCO3)cc2)cc(OC)c1OC. The molecule has 2 aromatic carbocycles. The molecular weight excluding hydrogens is 388 g/mol. The fourth-order valence-electron chi connectivity index (χ4n) is 3.23. The summed E-state index contributed by atoms with van der Waals surface area (Å²) in [5.41, 5.74) is 1.42. The summed E-state index contributed by atoms with van der Waals surface area (Å²) >= 11 is 0. The van der Waals surface area contributed by atoms with Crippen LogP contribution >= 0.6 is 0 Å². The van der Waals surface area contributed by atoms with E-state index in [1.807, 2.05) is 0 Å². The minimum absolute atomic E-state index is 0.0889. The third-order valence-electron chi connectivity index (χ3n) is 4.85. The minimum atomic E-state index is -0.343. The zero-order chi connectivity index (χ0) is 21.5. The number of anilines is 1. The van der Waals surface area contributed by atoms with E-state index in [0.717, 1.165) is 19.4 Å². The number of ether oxygens (including phenoxy) is 4. The monoisotopic (exact) mass is 414 g/mol. The lowest BCUT2D eigenvalue weighted by atomic mass is 10.1. The average Bonchev–Trinajstić information content (AvgIpc) is 3.30. The van der Waals surface area contributed by atoms with Crippen LogP contribution in [0.1, 0.15) is 33.6 Å². The van der Waals surface area contributed by atoms with Crippen LogP contribution in [0, 0.1) is 0 Å². The van der Waals surface area contributed by atoms with Gasteiger partial charge in [0.25, 0.3) is 11.8 Å². The predicted octanol–water partition coefficient (Wildman–Crippen LogP) is 2.87. The first kappa shape index (κ1) is 21.4. The van der Waals surface area contributed by atoms with Crippen LogP contribution in [0.15, 0.2) is 36.4 Å². The van der Waals surface area contributed by atoms with Gasteiger partial charge < -0.3 is 29.6 Å². The molecule has 0 saturated carbocycles. The molecule has 30 heavy (non-hydrogen) atoms. The molecule has 1 atom stereocenters. The van der Waals surface area contributed by atoms with Crippen molar-refractivity contribution >= 4 is 17.5 Å². The lowest BCUT2D eigenvalue weighted by Gasteiger charge is -2.14. The fourth-order valence-corrected chi connectivity index (χ4v) is 3.23. The molecule has 8 nitrogen and oxygen atoms in total. The Labute approximate surface area is 175 Å². The summed E-state index contributed by atoms with van der Waals surface area (Å²) in [5.74, 6) is 0.674. The van der Waals surface area contributed by atoms with Gasteiger partial charge in [-0.25, -0.2) is 0 Å². The lowest BCUT2D eigenvalue weighted by Crippen LogP contribution is -2.31. The molecule has 1 heterocycles. The lowest BCUT2D eigenvalue weighted by molar-refractivity contribution is 0.0857. The van der Waals surface area contributed by atoms with Crippen LogP contribution in [0.25, 0.3) is 0 Å². The van der Waals surface area contributed by atoms with E-state index in [2.05, 4.69) is 10.6 Å². The van der Waals surface area contributed by atoms with Crippen molar-refractivity contribution in [3.63, 3.8) is 0 Å². The third-order valence-corrected chi connectivity index (χ3v) is 4.85. The van der Waals surface area contributed by atoms with E-state index in [0.29, 0.717) is 40.6 Å². The van der Waals surface area contributed by atoms with Crippen molar-refractivity contribution in [2.24, 2.45) is 0 Å². The maximum Gasteiger partial charge on any atom is 0.255 e. The number of hydrogen-bond acceptors (Lipinski definition) is 6. The van der Waals surface area contributed by atoms with Gasteiger partial charge in [-0.2, -0.15) is 0 Å². The molecule has 2 aromatic rings. The van der Waals surface area contributed by atoms with Gasteiger partial charge in [0.15, 0.2) is 11.5 Å². The summed E-state index contributed by atoms with van der Waals surface area (Å²) in [7, 11) is 4.47. The van der Waals surface area contributed by atoms with E-state index >= 15 is 0 Å². The van der Waals surface area contributed by atoms with Crippen molar-refractivity contribution in [1.29, 1.82) is 0 Å². The van der Waals surface area contributed by atoms with E-state index < -0.39 is 0 Å². The van der Waals surface area contributed by atoms with Gasteiger partial charge in [0.05, 0.1) is 27.4 Å². The van der Waals surface area contributed by atoms with Crippen LogP contribution in [0.4, 0.5) is 5.69 Å². The van der Waals surface area contributed by atoms with Crippen LogP contribution < -0.4 is 24.8 Å². The van der Waals surface area contributed by atoms with Crippen LogP contribution in [-0.4, -0.2) is 52.4 Å². The number of carbonyl (C=O) groups excluding carboxylic acids is 2. The molecule has 2 N–H and O–H groups in total.